The number of rotatable bonds is 10. The van der Waals surface area contributed by atoms with Gasteiger partial charge in [-0.3, -0.25) is 9.48 Å². The number of nitrogens with zero attached hydrogens (tertiary/aromatic N) is 4. The van der Waals surface area contributed by atoms with E-state index in [0.29, 0.717) is 24.5 Å². The Kier molecular flexibility index (Phi) is 8.14. The third-order valence-electron chi connectivity index (χ3n) is 6.30. The molecule has 0 aliphatic heterocycles. The molecule has 1 atom stereocenters. The van der Waals surface area contributed by atoms with Gasteiger partial charge < -0.3 is 20.1 Å². The quantitative estimate of drug-likeness (QED) is 0.321. The average Bonchev–Trinajstić information content (AvgIpc) is 3.30. The van der Waals surface area contributed by atoms with E-state index >= 15 is 0 Å². The van der Waals surface area contributed by atoms with Gasteiger partial charge in [0.05, 0.1) is 35.6 Å². The maximum absolute atomic E-state index is 13.4. The third-order valence-corrected chi connectivity index (χ3v) is 6.30. The molecular weight excluding hydrogens is 478 g/mol. The second-order valence-corrected chi connectivity index (χ2v) is 10.7. The van der Waals surface area contributed by atoms with Crippen LogP contribution in [0, 0.1) is 6.92 Å². The van der Waals surface area contributed by atoms with Crippen molar-refractivity contribution in [3.05, 3.63) is 77.6 Å². The first-order chi connectivity index (χ1) is 18.0. The number of para-hydroxylation sites is 1. The predicted octanol–water partition coefficient (Wildman–Crippen LogP) is 4.61. The van der Waals surface area contributed by atoms with Crippen molar-refractivity contribution in [3.63, 3.8) is 0 Å². The fourth-order valence-electron chi connectivity index (χ4n) is 4.32. The molecule has 2 N–H and O–H groups in total. The first kappa shape index (κ1) is 27.3. The van der Waals surface area contributed by atoms with Crippen molar-refractivity contribution in [2.75, 3.05) is 27.2 Å². The van der Waals surface area contributed by atoms with Gasteiger partial charge in [-0.15, -0.1) is 0 Å². The van der Waals surface area contributed by atoms with Gasteiger partial charge in [0, 0.05) is 29.3 Å². The van der Waals surface area contributed by atoms with Crippen molar-refractivity contribution in [2.45, 2.75) is 45.9 Å². The maximum Gasteiger partial charge on any atom is 0.252 e. The van der Waals surface area contributed by atoms with Gasteiger partial charge in [-0.2, -0.15) is 5.10 Å². The Balaban J connectivity index is 1.60. The van der Waals surface area contributed by atoms with Crippen LogP contribution in [0.1, 0.15) is 48.3 Å². The molecule has 38 heavy (non-hydrogen) atoms. The number of likely N-dealkylation sites (N-methyl/N-ethyl adjacent to an activating group) is 1. The number of hydrogen-bond donors (Lipinski definition) is 2. The van der Waals surface area contributed by atoms with Crippen molar-refractivity contribution < 1.29 is 14.6 Å². The summed E-state index contributed by atoms with van der Waals surface area (Å²) in [6.07, 6.45) is 3.63. The number of pyridine rings is 1. The molecule has 0 radical (unpaired) electrons. The number of nitrogens with one attached hydrogen (secondary N) is 1. The van der Waals surface area contributed by atoms with Gasteiger partial charge in [-0.05, 0) is 77.2 Å². The summed E-state index contributed by atoms with van der Waals surface area (Å²) in [5, 5.41) is 18.7. The van der Waals surface area contributed by atoms with Crippen molar-refractivity contribution in [1.29, 1.82) is 0 Å². The summed E-state index contributed by atoms with van der Waals surface area (Å²) in [6.45, 7) is 9.11. The van der Waals surface area contributed by atoms with Crippen LogP contribution in [0.2, 0.25) is 0 Å². The van der Waals surface area contributed by atoms with Crippen LogP contribution in [-0.2, 0) is 6.54 Å². The molecule has 0 bridgehead atoms. The minimum atomic E-state index is -0.878. The smallest absolute Gasteiger partial charge is 0.252 e. The number of aryl methyl sites for hydroxylation is 1. The van der Waals surface area contributed by atoms with Gasteiger partial charge in [0.15, 0.2) is 0 Å². The van der Waals surface area contributed by atoms with Crippen molar-refractivity contribution in [2.24, 2.45) is 0 Å². The van der Waals surface area contributed by atoms with Crippen LogP contribution >= 0.6 is 0 Å². The van der Waals surface area contributed by atoms with E-state index in [1.54, 1.807) is 30.8 Å². The highest BCUT2D eigenvalue weighted by Gasteiger charge is 2.19. The van der Waals surface area contributed by atoms with E-state index in [-0.39, 0.29) is 11.9 Å². The third kappa shape index (κ3) is 6.76. The number of aromatic nitrogens is 3. The van der Waals surface area contributed by atoms with Crippen LogP contribution in [-0.4, -0.2) is 63.5 Å². The molecule has 0 aliphatic carbocycles. The van der Waals surface area contributed by atoms with Crippen LogP contribution < -0.4 is 10.1 Å². The van der Waals surface area contributed by atoms with E-state index in [1.807, 2.05) is 76.6 Å². The maximum atomic E-state index is 13.4. The molecule has 2 aromatic carbocycles. The Hall–Kier alpha value is -3.75. The Morgan fingerprint density at radius 2 is 1.95 bits per heavy atom. The standard InChI is InChI=1S/C30H37N5O3/c1-20-11-12-23(38-14-13-34(5)6)15-25(20)29(36)32-21(2)26-16-28(33-27-10-8-7-9-24(26)27)22-17-31-35(18-22)19-30(3,4)37/h7-12,15-18,21,37H,13-14,19H2,1-6H3,(H,32,36)/t21-/m1/s1. The number of aliphatic hydroxyl groups is 1. The number of carbonyl (C=O) groups is 1. The van der Waals surface area contributed by atoms with Crippen molar-refractivity contribution in [3.8, 4) is 17.0 Å². The number of benzene rings is 2. The molecule has 0 unspecified atom stereocenters. The van der Waals surface area contributed by atoms with Crippen molar-refractivity contribution >= 4 is 16.8 Å². The van der Waals surface area contributed by atoms with E-state index in [9.17, 15) is 9.90 Å². The molecule has 4 rings (SSSR count). The number of fused-ring (bicyclic) bond motifs is 1. The normalized spacial score (nSPS) is 12.6. The highest BCUT2D eigenvalue weighted by atomic mass is 16.5. The molecule has 4 aromatic rings. The van der Waals surface area contributed by atoms with E-state index in [4.69, 9.17) is 9.72 Å². The molecule has 8 nitrogen and oxygen atoms in total. The number of amides is 1. The van der Waals surface area contributed by atoms with Gasteiger partial charge in [-0.25, -0.2) is 4.98 Å². The van der Waals surface area contributed by atoms with Crippen LogP contribution in [0.3, 0.4) is 0 Å². The van der Waals surface area contributed by atoms with Crippen LogP contribution in [0.4, 0.5) is 0 Å². The zero-order chi connectivity index (χ0) is 27.4. The fourth-order valence-corrected chi connectivity index (χ4v) is 4.32. The van der Waals surface area contributed by atoms with Crippen molar-refractivity contribution in [1.82, 2.24) is 25.0 Å². The van der Waals surface area contributed by atoms with Crippen LogP contribution in [0.15, 0.2) is 60.9 Å². The van der Waals surface area contributed by atoms with E-state index in [1.165, 1.54) is 0 Å². The molecule has 0 saturated heterocycles. The Morgan fingerprint density at radius 3 is 2.68 bits per heavy atom. The Morgan fingerprint density at radius 1 is 1.18 bits per heavy atom. The molecule has 1 amide bonds. The summed E-state index contributed by atoms with van der Waals surface area (Å²) in [5.74, 6) is 0.517. The molecule has 2 aromatic heterocycles. The lowest BCUT2D eigenvalue weighted by atomic mass is 9.99. The molecule has 0 fully saturated rings. The van der Waals surface area contributed by atoms with Gasteiger partial charge in [0.1, 0.15) is 12.4 Å². The summed E-state index contributed by atoms with van der Waals surface area (Å²) in [7, 11) is 3.99. The van der Waals surface area contributed by atoms with Crippen LogP contribution in [0.25, 0.3) is 22.2 Å². The molecule has 200 valence electrons. The zero-order valence-electron chi connectivity index (χ0n) is 23.0. The first-order valence-electron chi connectivity index (χ1n) is 12.8. The van der Waals surface area contributed by atoms with Crippen LogP contribution in [0.5, 0.6) is 5.75 Å². The largest absolute Gasteiger partial charge is 0.492 e. The lowest BCUT2D eigenvalue weighted by molar-refractivity contribution is 0.0577. The number of hydrogen-bond acceptors (Lipinski definition) is 6. The molecule has 8 heteroatoms. The summed E-state index contributed by atoms with van der Waals surface area (Å²) < 4.78 is 7.57. The van der Waals surface area contributed by atoms with Gasteiger partial charge in [0.2, 0.25) is 0 Å². The molecule has 0 aliphatic rings. The second-order valence-electron chi connectivity index (χ2n) is 10.7. The molecular formula is C30H37N5O3. The van der Waals surface area contributed by atoms with E-state index < -0.39 is 5.60 Å². The molecule has 0 saturated carbocycles. The second kappa shape index (κ2) is 11.3. The first-order valence-corrected chi connectivity index (χ1v) is 12.8. The SMILES string of the molecule is Cc1ccc(OCCN(C)C)cc1C(=O)N[C@H](C)c1cc(-c2cnn(CC(C)(C)O)c2)nc2ccccc12. The van der Waals surface area contributed by atoms with E-state index in [2.05, 4.69) is 15.3 Å². The predicted molar refractivity (Wildman–Crippen MR) is 150 cm³/mol. The zero-order valence-corrected chi connectivity index (χ0v) is 23.0. The Labute approximate surface area is 224 Å². The number of ether oxygens (including phenoxy) is 1. The summed E-state index contributed by atoms with van der Waals surface area (Å²) in [5.41, 5.74) is 4.00. The summed E-state index contributed by atoms with van der Waals surface area (Å²) in [4.78, 5) is 20.3. The molecule has 0 spiro atoms. The monoisotopic (exact) mass is 515 g/mol. The highest BCUT2D eigenvalue weighted by molar-refractivity contribution is 5.96. The minimum Gasteiger partial charge on any atom is -0.492 e. The topological polar surface area (TPSA) is 92.5 Å². The number of carbonyl (C=O) groups excluding carboxylic acids is 1. The highest BCUT2D eigenvalue weighted by Crippen LogP contribution is 2.29. The molecule has 2 heterocycles. The summed E-state index contributed by atoms with van der Waals surface area (Å²) >= 11 is 0. The minimum absolute atomic E-state index is 0.159. The fraction of sp³-hybridized carbons (Fsp3) is 0.367. The Bertz CT molecular complexity index is 1420. The van der Waals surface area contributed by atoms with Gasteiger partial charge in [-0.1, -0.05) is 24.3 Å². The average molecular weight is 516 g/mol. The lowest BCUT2D eigenvalue weighted by Crippen LogP contribution is -2.27. The van der Waals surface area contributed by atoms with Gasteiger partial charge >= 0.3 is 0 Å². The lowest BCUT2D eigenvalue weighted by Gasteiger charge is -2.19. The van der Waals surface area contributed by atoms with E-state index in [0.717, 1.165) is 39.8 Å². The van der Waals surface area contributed by atoms with Gasteiger partial charge in [0.25, 0.3) is 5.91 Å². The summed E-state index contributed by atoms with van der Waals surface area (Å²) in [6, 6.07) is 15.3.